The molecule has 94 valence electrons. The third kappa shape index (κ3) is 2.85. The monoisotopic (exact) mass is 346 g/mol. The first-order chi connectivity index (χ1) is 8.31. The van der Waals surface area contributed by atoms with Gasteiger partial charge in [-0.05, 0) is 73.5 Å². The van der Waals surface area contributed by atoms with Crippen LogP contribution in [0.4, 0.5) is 0 Å². The standard InChI is InChI=1S/C13H19IN2O/c14-13-4-3-12(17-13)9-15-10-5-7-16-6-1-2-11(16)8-10/h3-4,10-11,15H,1-2,5-9H2. The van der Waals surface area contributed by atoms with E-state index in [9.17, 15) is 0 Å². The van der Waals surface area contributed by atoms with Crippen LogP contribution in [0.5, 0.6) is 0 Å². The third-order valence-electron chi connectivity index (χ3n) is 4.01. The van der Waals surface area contributed by atoms with Crippen LogP contribution in [-0.2, 0) is 6.54 Å². The van der Waals surface area contributed by atoms with Crippen LogP contribution in [-0.4, -0.2) is 30.1 Å². The summed E-state index contributed by atoms with van der Waals surface area (Å²) in [4.78, 5) is 2.66. The van der Waals surface area contributed by atoms with E-state index in [2.05, 4.69) is 38.9 Å². The zero-order valence-electron chi connectivity index (χ0n) is 9.99. The average molecular weight is 346 g/mol. The van der Waals surface area contributed by atoms with E-state index < -0.39 is 0 Å². The molecule has 0 bridgehead atoms. The van der Waals surface area contributed by atoms with Crippen LogP contribution in [0, 0.1) is 3.77 Å². The van der Waals surface area contributed by atoms with E-state index in [1.165, 1.54) is 38.8 Å². The summed E-state index contributed by atoms with van der Waals surface area (Å²) in [6.07, 6.45) is 5.40. The first kappa shape index (κ1) is 12.0. The smallest absolute Gasteiger partial charge is 0.164 e. The van der Waals surface area contributed by atoms with Crippen LogP contribution in [0.3, 0.4) is 0 Å². The SMILES string of the molecule is Ic1ccc(CNC2CCN3CCCC3C2)o1. The maximum Gasteiger partial charge on any atom is 0.164 e. The lowest BCUT2D eigenvalue weighted by atomic mass is 9.97. The third-order valence-corrected chi connectivity index (χ3v) is 4.59. The molecule has 17 heavy (non-hydrogen) atoms. The molecule has 3 nitrogen and oxygen atoms in total. The summed E-state index contributed by atoms with van der Waals surface area (Å²) in [6, 6.07) is 5.62. The van der Waals surface area contributed by atoms with E-state index in [-0.39, 0.29) is 0 Å². The van der Waals surface area contributed by atoms with E-state index in [4.69, 9.17) is 4.42 Å². The Kier molecular flexibility index (Phi) is 3.72. The first-order valence-corrected chi connectivity index (χ1v) is 7.61. The topological polar surface area (TPSA) is 28.4 Å². The van der Waals surface area contributed by atoms with E-state index in [0.717, 1.165) is 22.1 Å². The largest absolute Gasteiger partial charge is 0.454 e. The predicted octanol–water partition coefficient (Wildman–Crippen LogP) is 2.60. The van der Waals surface area contributed by atoms with Crippen molar-refractivity contribution in [1.82, 2.24) is 10.2 Å². The summed E-state index contributed by atoms with van der Waals surface area (Å²) in [7, 11) is 0. The molecule has 0 spiro atoms. The molecule has 1 aromatic heterocycles. The van der Waals surface area contributed by atoms with Crippen LogP contribution in [0.2, 0.25) is 0 Å². The molecule has 3 rings (SSSR count). The van der Waals surface area contributed by atoms with Gasteiger partial charge in [0.15, 0.2) is 3.77 Å². The van der Waals surface area contributed by atoms with Crippen molar-refractivity contribution in [3.63, 3.8) is 0 Å². The molecular formula is C13H19IN2O. The van der Waals surface area contributed by atoms with Gasteiger partial charge < -0.3 is 14.6 Å². The van der Waals surface area contributed by atoms with Gasteiger partial charge in [0.2, 0.25) is 0 Å². The Morgan fingerprint density at radius 2 is 2.29 bits per heavy atom. The van der Waals surface area contributed by atoms with Crippen LogP contribution in [0.15, 0.2) is 16.5 Å². The van der Waals surface area contributed by atoms with Crippen molar-refractivity contribution in [3.8, 4) is 0 Å². The van der Waals surface area contributed by atoms with Crippen molar-refractivity contribution in [3.05, 3.63) is 21.7 Å². The molecule has 0 amide bonds. The lowest BCUT2D eigenvalue weighted by Gasteiger charge is -2.35. The first-order valence-electron chi connectivity index (χ1n) is 6.53. The highest BCUT2D eigenvalue weighted by molar-refractivity contribution is 14.1. The minimum Gasteiger partial charge on any atom is -0.454 e. The zero-order valence-corrected chi connectivity index (χ0v) is 12.2. The minimum absolute atomic E-state index is 0.678. The van der Waals surface area contributed by atoms with Gasteiger partial charge in [0.25, 0.3) is 0 Å². The van der Waals surface area contributed by atoms with Gasteiger partial charge in [-0.1, -0.05) is 0 Å². The number of rotatable bonds is 3. The maximum atomic E-state index is 5.57. The second-order valence-corrected chi connectivity index (χ2v) is 6.20. The van der Waals surface area contributed by atoms with Crippen molar-refractivity contribution < 1.29 is 4.42 Å². The number of hydrogen-bond donors (Lipinski definition) is 1. The highest BCUT2D eigenvalue weighted by atomic mass is 127. The van der Waals surface area contributed by atoms with Gasteiger partial charge in [-0.2, -0.15) is 0 Å². The van der Waals surface area contributed by atoms with Gasteiger partial charge in [-0.15, -0.1) is 0 Å². The van der Waals surface area contributed by atoms with E-state index in [1.54, 1.807) is 0 Å². The van der Waals surface area contributed by atoms with E-state index in [1.807, 2.05) is 6.07 Å². The number of halogens is 1. The molecule has 0 saturated carbocycles. The molecule has 2 aliphatic rings. The van der Waals surface area contributed by atoms with Crippen molar-refractivity contribution in [1.29, 1.82) is 0 Å². The second-order valence-electron chi connectivity index (χ2n) is 5.14. The molecule has 0 radical (unpaired) electrons. The summed E-state index contributed by atoms with van der Waals surface area (Å²) < 4.78 is 6.55. The summed E-state index contributed by atoms with van der Waals surface area (Å²) >= 11 is 2.21. The molecule has 2 fully saturated rings. The molecular weight excluding hydrogens is 327 g/mol. The quantitative estimate of drug-likeness (QED) is 0.853. The Labute approximate surface area is 116 Å². The summed E-state index contributed by atoms with van der Waals surface area (Å²) in [5.41, 5.74) is 0. The fourth-order valence-electron chi connectivity index (χ4n) is 3.10. The Bertz CT molecular complexity index is 379. The Balaban J connectivity index is 1.49. The number of nitrogens with one attached hydrogen (secondary N) is 1. The van der Waals surface area contributed by atoms with Gasteiger partial charge in [0.1, 0.15) is 5.76 Å². The van der Waals surface area contributed by atoms with Crippen LogP contribution in [0.25, 0.3) is 0 Å². The Morgan fingerprint density at radius 3 is 3.12 bits per heavy atom. The summed E-state index contributed by atoms with van der Waals surface area (Å²) in [5.74, 6) is 1.06. The van der Waals surface area contributed by atoms with E-state index in [0.29, 0.717) is 6.04 Å². The summed E-state index contributed by atoms with van der Waals surface area (Å²) in [6.45, 7) is 3.48. The molecule has 2 atom stereocenters. The molecule has 2 saturated heterocycles. The fourth-order valence-corrected chi connectivity index (χ4v) is 3.56. The molecule has 1 aromatic rings. The van der Waals surface area contributed by atoms with Gasteiger partial charge in [-0.3, -0.25) is 0 Å². The van der Waals surface area contributed by atoms with Gasteiger partial charge in [0, 0.05) is 12.1 Å². The van der Waals surface area contributed by atoms with Crippen molar-refractivity contribution in [2.75, 3.05) is 13.1 Å². The summed E-state index contributed by atoms with van der Waals surface area (Å²) in [5, 5.41) is 3.64. The van der Waals surface area contributed by atoms with Crippen LogP contribution in [0.1, 0.15) is 31.4 Å². The number of hydrogen-bond acceptors (Lipinski definition) is 3. The number of nitrogens with zero attached hydrogens (tertiary/aromatic N) is 1. The minimum atomic E-state index is 0.678. The number of fused-ring (bicyclic) bond motifs is 1. The zero-order chi connectivity index (χ0) is 11.7. The highest BCUT2D eigenvalue weighted by Crippen LogP contribution is 2.27. The number of furan rings is 1. The Hall–Kier alpha value is -0.0700. The molecule has 2 aliphatic heterocycles. The normalized spacial score (nSPS) is 29.5. The highest BCUT2D eigenvalue weighted by Gasteiger charge is 2.31. The van der Waals surface area contributed by atoms with Crippen molar-refractivity contribution in [2.45, 2.75) is 44.3 Å². The molecule has 2 unspecified atom stereocenters. The predicted molar refractivity (Wildman–Crippen MR) is 75.9 cm³/mol. The molecule has 4 heteroatoms. The van der Waals surface area contributed by atoms with Gasteiger partial charge in [-0.25, -0.2) is 0 Å². The van der Waals surface area contributed by atoms with Crippen molar-refractivity contribution in [2.24, 2.45) is 0 Å². The van der Waals surface area contributed by atoms with Gasteiger partial charge >= 0.3 is 0 Å². The lowest BCUT2D eigenvalue weighted by molar-refractivity contribution is 0.165. The fraction of sp³-hybridized carbons (Fsp3) is 0.692. The van der Waals surface area contributed by atoms with Gasteiger partial charge in [0.05, 0.1) is 6.54 Å². The number of piperidine rings is 1. The molecule has 0 aliphatic carbocycles. The van der Waals surface area contributed by atoms with Crippen LogP contribution >= 0.6 is 22.6 Å². The maximum absolute atomic E-state index is 5.57. The molecule has 3 heterocycles. The Morgan fingerprint density at radius 1 is 1.35 bits per heavy atom. The molecule has 1 N–H and O–H groups in total. The van der Waals surface area contributed by atoms with E-state index >= 15 is 0 Å². The molecule has 0 aromatic carbocycles. The second kappa shape index (κ2) is 5.28. The van der Waals surface area contributed by atoms with Crippen LogP contribution < -0.4 is 5.32 Å². The van der Waals surface area contributed by atoms with Crippen molar-refractivity contribution >= 4 is 22.6 Å². The average Bonchev–Trinajstić information content (AvgIpc) is 2.94. The lowest BCUT2D eigenvalue weighted by Crippen LogP contribution is -2.45.